The van der Waals surface area contributed by atoms with Gasteiger partial charge in [0.1, 0.15) is 0 Å². The van der Waals surface area contributed by atoms with Crippen LogP contribution in [0.4, 0.5) is 11.4 Å². The largest absolute Gasteiger partial charge is 0.493 e. The lowest BCUT2D eigenvalue weighted by atomic mass is 9.68. The average Bonchev–Trinajstić information content (AvgIpc) is 3.67. The van der Waals surface area contributed by atoms with Gasteiger partial charge in [-0.15, -0.1) is 11.8 Å². The van der Waals surface area contributed by atoms with Gasteiger partial charge in [0.25, 0.3) is 5.69 Å². The minimum absolute atomic E-state index is 0.0197. The molecule has 200 valence electrons. The quantitative estimate of drug-likeness (QED) is 0.279. The number of ether oxygens (including phenoxy) is 2. The third kappa shape index (κ3) is 3.37. The fourth-order valence-electron chi connectivity index (χ4n) is 7.41. The van der Waals surface area contributed by atoms with Crippen molar-refractivity contribution in [1.82, 2.24) is 4.98 Å². The molecule has 6 unspecified atom stereocenters. The number of thiazole rings is 1. The van der Waals surface area contributed by atoms with Crippen molar-refractivity contribution < 1.29 is 24.0 Å². The van der Waals surface area contributed by atoms with Crippen molar-refractivity contribution in [1.29, 1.82) is 0 Å². The van der Waals surface area contributed by atoms with Crippen molar-refractivity contribution >= 4 is 46.3 Å². The Morgan fingerprint density at radius 3 is 2.33 bits per heavy atom. The zero-order chi connectivity index (χ0) is 27.2. The van der Waals surface area contributed by atoms with Gasteiger partial charge < -0.3 is 14.5 Å². The number of non-ortho nitro benzene ring substituents is 1. The van der Waals surface area contributed by atoms with Crippen molar-refractivity contribution in [2.24, 2.45) is 29.6 Å². The van der Waals surface area contributed by atoms with Gasteiger partial charge in [0.2, 0.25) is 11.8 Å². The number of hydrogen-bond acceptors (Lipinski definition) is 9. The van der Waals surface area contributed by atoms with Gasteiger partial charge in [-0.2, -0.15) is 0 Å². The maximum atomic E-state index is 13.8. The molecule has 0 spiro atoms. The van der Waals surface area contributed by atoms with E-state index >= 15 is 0 Å². The van der Waals surface area contributed by atoms with Gasteiger partial charge in [-0.3, -0.25) is 29.4 Å². The van der Waals surface area contributed by atoms with Gasteiger partial charge in [-0.1, -0.05) is 17.4 Å². The van der Waals surface area contributed by atoms with E-state index in [1.54, 1.807) is 26.0 Å². The van der Waals surface area contributed by atoms with Crippen LogP contribution in [0.2, 0.25) is 0 Å². The number of fused-ring (bicyclic) bond motifs is 9. The molecule has 7 rings (SSSR count). The normalized spacial score (nSPS) is 30.2. The minimum atomic E-state index is -0.508. The number of nitrogens with one attached hydrogen (secondary N) is 1. The number of carbonyl (C=O) groups excluding carboxylic acids is 2. The van der Waals surface area contributed by atoms with Crippen molar-refractivity contribution in [3.8, 4) is 11.5 Å². The first-order valence-corrected chi connectivity index (χ1v) is 14.3. The summed E-state index contributed by atoms with van der Waals surface area (Å²) in [5.74, 6) is -0.334. The van der Waals surface area contributed by atoms with Crippen LogP contribution in [-0.2, 0) is 9.59 Å². The zero-order valence-electron chi connectivity index (χ0n) is 20.9. The van der Waals surface area contributed by atoms with E-state index in [2.05, 4.69) is 4.98 Å². The van der Waals surface area contributed by atoms with Gasteiger partial charge in [0.15, 0.2) is 11.5 Å². The molecule has 2 amide bonds. The van der Waals surface area contributed by atoms with Crippen molar-refractivity contribution in [2.75, 3.05) is 19.1 Å². The minimum Gasteiger partial charge on any atom is -0.493 e. The van der Waals surface area contributed by atoms with E-state index in [4.69, 9.17) is 9.47 Å². The zero-order valence-corrected chi connectivity index (χ0v) is 22.5. The second-order valence-corrected chi connectivity index (χ2v) is 12.6. The number of aromatic amines is 1. The number of anilines is 1. The van der Waals surface area contributed by atoms with Crippen LogP contribution >= 0.6 is 23.1 Å². The molecule has 2 bridgehead atoms. The number of rotatable bonds is 5. The van der Waals surface area contributed by atoms with Crippen LogP contribution in [0, 0.1) is 39.7 Å². The fourth-order valence-corrected chi connectivity index (χ4v) is 10.3. The summed E-state index contributed by atoms with van der Waals surface area (Å²) in [5, 5.41) is 12.0. The molecule has 0 radical (unpaired) electrons. The molecule has 1 saturated heterocycles. The highest BCUT2D eigenvalue weighted by molar-refractivity contribution is 8.00. The molecule has 3 heterocycles. The molecule has 12 heteroatoms. The highest BCUT2D eigenvalue weighted by Crippen LogP contribution is 2.68. The van der Waals surface area contributed by atoms with E-state index in [9.17, 15) is 24.5 Å². The Kier molecular flexibility index (Phi) is 5.43. The summed E-state index contributed by atoms with van der Waals surface area (Å²) in [5.41, 5.74) is 1.24. The lowest BCUT2D eigenvalue weighted by molar-refractivity contribution is -0.384. The first-order valence-electron chi connectivity index (χ1n) is 12.6. The van der Waals surface area contributed by atoms with Crippen LogP contribution in [0.25, 0.3) is 0 Å². The number of nitrogens with zero attached hydrogens (tertiary/aromatic N) is 2. The Morgan fingerprint density at radius 1 is 0.974 bits per heavy atom. The number of thioether (sulfide) groups is 1. The number of amides is 2. The number of hydrogen-bond donors (Lipinski definition) is 1. The molecule has 2 saturated carbocycles. The van der Waals surface area contributed by atoms with Crippen LogP contribution in [0.1, 0.15) is 22.8 Å². The maximum Gasteiger partial charge on any atom is 0.305 e. The summed E-state index contributed by atoms with van der Waals surface area (Å²) < 4.78 is 11.0. The second-order valence-electron chi connectivity index (χ2n) is 10.4. The Hall–Kier alpha value is -3.64. The summed E-state index contributed by atoms with van der Waals surface area (Å²) in [4.78, 5) is 55.7. The second kappa shape index (κ2) is 8.68. The fraction of sp³-hybridized carbons (Fsp3) is 0.370. The summed E-state index contributed by atoms with van der Waals surface area (Å²) in [6.45, 7) is 0. The molecule has 2 aromatic carbocycles. The van der Waals surface area contributed by atoms with Crippen LogP contribution in [0.3, 0.4) is 0 Å². The molecule has 7 atom stereocenters. The number of imide groups is 1. The number of methoxy groups -OCH3 is 2. The lowest BCUT2D eigenvalue weighted by Crippen LogP contribution is -2.42. The monoisotopic (exact) mass is 565 g/mol. The first kappa shape index (κ1) is 24.4. The van der Waals surface area contributed by atoms with E-state index in [1.165, 1.54) is 40.5 Å². The van der Waals surface area contributed by atoms with Crippen LogP contribution < -0.4 is 19.2 Å². The molecule has 1 aromatic heterocycles. The summed E-state index contributed by atoms with van der Waals surface area (Å²) >= 11 is 2.82. The van der Waals surface area contributed by atoms with Crippen molar-refractivity contribution in [3.63, 3.8) is 0 Å². The summed E-state index contributed by atoms with van der Waals surface area (Å²) in [6.07, 6.45) is 0.770. The van der Waals surface area contributed by atoms with E-state index in [1.807, 2.05) is 18.2 Å². The molecule has 2 aliphatic heterocycles. The summed E-state index contributed by atoms with van der Waals surface area (Å²) in [6, 6.07) is 11.4. The van der Waals surface area contributed by atoms with Gasteiger partial charge in [0, 0.05) is 28.2 Å². The predicted octanol–water partition coefficient (Wildman–Crippen LogP) is 4.04. The number of nitro benzene ring substituents is 1. The number of benzene rings is 2. The first-order chi connectivity index (χ1) is 18.8. The number of nitro groups is 1. The van der Waals surface area contributed by atoms with Crippen molar-refractivity contribution in [2.45, 2.75) is 22.6 Å². The Balaban J connectivity index is 1.30. The summed E-state index contributed by atoms with van der Waals surface area (Å²) in [7, 11) is 3.16. The van der Waals surface area contributed by atoms with E-state index < -0.39 is 16.8 Å². The smallest absolute Gasteiger partial charge is 0.305 e. The van der Waals surface area contributed by atoms with E-state index in [-0.39, 0.29) is 51.3 Å². The topological polar surface area (TPSA) is 132 Å². The van der Waals surface area contributed by atoms with E-state index in [0.717, 1.165) is 21.9 Å². The van der Waals surface area contributed by atoms with Crippen LogP contribution in [0.15, 0.2) is 52.3 Å². The third-order valence-corrected chi connectivity index (χ3v) is 11.4. The van der Waals surface area contributed by atoms with Gasteiger partial charge in [-0.25, -0.2) is 0 Å². The Morgan fingerprint density at radius 2 is 1.67 bits per heavy atom. The average molecular weight is 566 g/mol. The van der Waals surface area contributed by atoms with Crippen LogP contribution in [0.5, 0.6) is 11.5 Å². The van der Waals surface area contributed by atoms with Gasteiger partial charge in [0.05, 0.1) is 41.7 Å². The molecular weight excluding hydrogens is 542 g/mol. The molecule has 3 aromatic rings. The number of H-pyrrole nitrogens is 1. The molecule has 1 N–H and O–H groups in total. The van der Waals surface area contributed by atoms with Crippen LogP contribution in [-0.4, -0.2) is 41.2 Å². The number of carbonyl (C=O) groups is 2. The molecule has 10 nitrogen and oxygen atoms in total. The third-order valence-electron chi connectivity index (χ3n) is 8.81. The Bertz CT molecular complexity index is 1600. The molecule has 39 heavy (non-hydrogen) atoms. The molecule has 3 fully saturated rings. The molecular formula is C27H23N3O7S2. The van der Waals surface area contributed by atoms with E-state index in [0.29, 0.717) is 17.2 Å². The predicted molar refractivity (Wildman–Crippen MR) is 144 cm³/mol. The molecule has 2 aliphatic carbocycles. The number of aromatic nitrogens is 1. The SMILES string of the molecule is COc1ccc([C@H]2c3sc(=O)[nH]c3SC3C4CC(C5C(=O)N(c6ccc([N+](=O)[O-])cc6)C(=O)C45)C32)cc1OC. The van der Waals surface area contributed by atoms with Gasteiger partial charge in [-0.05, 0) is 54.0 Å². The standard InChI is InChI=1S/C27H23N3O7S2/c1-36-16-8-3-11(9-17(16)37-2)18-19-14-10-15(22(19)38-24-23(18)39-27(33)28-24)21-20(14)25(31)29(26(21)32)12-4-6-13(7-5-12)30(34)35/h3-9,14-15,18-22H,10H2,1-2H3,(H,28,33)/t14?,15?,18-,19?,20?,21?,22?/m1/s1. The highest BCUT2D eigenvalue weighted by Gasteiger charge is 2.69. The Labute approximate surface area is 230 Å². The maximum absolute atomic E-state index is 13.8. The van der Waals surface area contributed by atoms with Gasteiger partial charge >= 0.3 is 4.87 Å². The van der Waals surface area contributed by atoms with Crippen molar-refractivity contribution in [3.05, 3.63) is 72.7 Å². The highest BCUT2D eigenvalue weighted by atomic mass is 32.2. The molecule has 4 aliphatic rings. The lowest BCUT2D eigenvalue weighted by Gasteiger charge is -2.43.